The van der Waals surface area contributed by atoms with Gasteiger partial charge in [0.05, 0.1) is 0 Å². The summed E-state index contributed by atoms with van der Waals surface area (Å²) >= 11 is 0. The maximum atomic E-state index is 3.59. The Morgan fingerprint density at radius 2 is 1.55 bits per heavy atom. The van der Waals surface area contributed by atoms with Gasteiger partial charge in [0.15, 0.2) is 0 Å². The van der Waals surface area contributed by atoms with Gasteiger partial charge in [-0.2, -0.15) is 0 Å². The van der Waals surface area contributed by atoms with Crippen molar-refractivity contribution in [3.63, 3.8) is 0 Å². The third kappa shape index (κ3) is 3.25. The Labute approximate surface area is 125 Å². The van der Waals surface area contributed by atoms with E-state index in [-0.39, 0.29) is 5.41 Å². The van der Waals surface area contributed by atoms with Gasteiger partial charge in [-0.15, -0.1) is 0 Å². The van der Waals surface area contributed by atoms with E-state index in [9.17, 15) is 0 Å². The van der Waals surface area contributed by atoms with Crippen molar-refractivity contribution in [1.29, 1.82) is 0 Å². The van der Waals surface area contributed by atoms with Gasteiger partial charge in [0.1, 0.15) is 0 Å². The van der Waals surface area contributed by atoms with E-state index in [2.05, 4.69) is 64.3 Å². The van der Waals surface area contributed by atoms with Gasteiger partial charge in [-0.1, -0.05) is 71.2 Å². The Morgan fingerprint density at radius 1 is 1.00 bits per heavy atom. The van der Waals surface area contributed by atoms with Gasteiger partial charge in [0, 0.05) is 6.04 Å². The Hall–Kier alpha value is -0.820. The molecule has 0 heterocycles. The van der Waals surface area contributed by atoms with E-state index in [4.69, 9.17) is 0 Å². The van der Waals surface area contributed by atoms with E-state index in [1.54, 1.807) is 0 Å². The molecule has 2 rings (SSSR count). The summed E-state index contributed by atoms with van der Waals surface area (Å²) in [5.41, 5.74) is 3.52. The van der Waals surface area contributed by atoms with Crippen LogP contribution in [0.3, 0.4) is 0 Å². The Bertz CT molecular complexity index is 418. The number of benzene rings is 1. The SMILES string of the molecule is CNC(c1ccc(C(C)(C)C)cc1)C1(C)CCCCC1. The van der Waals surface area contributed by atoms with Crippen LogP contribution in [-0.2, 0) is 5.41 Å². The third-order valence-corrected chi connectivity index (χ3v) is 5.09. The van der Waals surface area contributed by atoms with Crippen LogP contribution in [-0.4, -0.2) is 7.05 Å². The minimum absolute atomic E-state index is 0.239. The van der Waals surface area contributed by atoms with Gasteiger partial charge in [-0.05, 0) is 41.8 Å². The highest BCUT2D eigenvalue weighted by Gasteiger charge is 2.35. The van der Waals surface area contributed by atoms with Crippen LogP contribution in [0.2, 0.25) is 0 Å². The van der Waals surface area contributed by atoms with Gasteiger partial charge < -0.3 is 5.32 Å². The molecule has 1 nitrogen and oxygen atoms in total. The Balaban J connectivity index is 2.23. The van der Waals surface area contributed by atoms with Crippen molar-refractivity contribution >= 4 is 0 Å². The van der Waals surface area contributed by atoms with Crippen LogP contribution >= 0.6 is 0 Å². The lowest BCUT2D eigenvalue weighted by Crippen LogP contribution is -2.36. The highest BCUT2D eigenvalue weighted by Crippen LogP contribution is 2.45. The number of rotatable bonds is 3. The summed E-state index contributed by atoms with van der Waals surface area (Å²) in [5, 5.41) is 3.59. The summed E-state index contributed by atoms with van der Waals surface area (Å²) in [4.78, 5) is 0. The van der Waals surface area contributed by atoms with Crippen molar-refractivity contribution in [2.24, 2.45) is 5.41 Å². The molecule has 1 heteroatoms. The minimum atomic E-state index is 0.239. The summed E-state index contributed by atoms with van der Waals surface area (Å²) in [6.45, 7) is 9.30. The normalized spacial score (nSPS) is 20.6. The molecule has 0 bridgehead atoms. The molecule has 1 N–H and O–H groups in total. The Kier molecular flexibility index (Phi) is 4.59. The number of nitrogens with one attached hydrogen (secondary N) is 1. The van der Waals surface area contributed by atoms with Crippen molar-refractivity contribution in [3.05, 3.63) is 35.4 Å². The fourth-order valence-electron chi connectivity index (χ4n) is 3.74. The molecule has 1 aromatic carbocycles. The van der Waals surface area contributed by atoms with Crippen LogP contribution in [0.5, 0.6) is 0 Å². The standard InChI is InChI=1S/C19H31N/c1-18(2,3)16-11-9-15(10-12-16)17(20-5)19(4)13-7-6-8-14-19/h9-12,17,20H,6-8,13-14H2,1-5H3. The second kappa shape index (κ2) is 5.89. The largest absolute Gasteiger partial charge is 0.313 e. The summed E-state index contributed by atoms with van der Waals surface area (Å²) in [6, 6.07) is 9.78. The molecule has 1 aromatic rings. The molecule has 0 aliphatic heterocycles. The van der Waals surface area contributed by atoms with E-state index in [1.165, 1.54) is 43.2 Å². The second-order valence-electron chi connectivity index (χ2n) is 7.81. The highest BCUT2D eigenvalue weighted by molar-refractivity contribution is 5.30. The average molecular weight is 273 g/mol. The van der Waals surface area contributed by atoms with Crippen LogP contribution in [0.1, 0.15) is 77.0 Å². The van der Waals surface area contributed by atoms with E-state index in [0.717, 1.165) is 0 Å². The van der Waals surface area contributed by atoms with Crippen LogP contribution in [0.25, 0.3) is 0 Å². The van der Waals surface area contributed by atoms with Crippen molar-refractivity contribution < 1.29 is 0 Å². The minimum Gasteiger partial charge on any atom is -0.313 e. The van der Waals surface area contributed by atoms with Crippen molar-refractivity contribution in [3.8, 4) is 0 Å². The maximum absolute atomic E-state index is 3.59. The lowest BCUT2D eigenvalue weighted by molar-refractivity contribution is 0.150. The molecule has 0 spiro atoms. The topological polar surface area (TPSA) is 12.0 Å². The zero-order valence-electron chi connectivity index (χ0n) is 13.9. The molecule has 112 valence electrons. The molecule has 0 aromatic heterocycles. The fourth-order valence-corrected chi connectivity index (χ4v) is 3.74. The van der Waals surface area contributed by atoms with E-state index in [0.29, 0.717) is 11.5 Å². The lowest BCUT2D eigenvalue weighted by Gasteiger charge is -2.41. The predicted molar refractivity (Wildman–Crippen MR) is 88.1 cm³/mol. The molecule has 0 amide bonds. The van der Waals surface area contributed by atoms with Gasteiger partial charge in [-0.25, -0.2) is 0 Å². The zero-order valence-corrected chi connectivity index (χ0v) is 13.9. The molecule has 1 saturated carbocycles. The number of hydrogen-bond acceptors (Lipinski definition) is 1. The summed E-state index contributed by atoms with van der Waals surface area (Å²) < 4.78 is 0. The molecule has 1 atom stereocenters. The van der Waals surface area contributed by atoms with Crippen molar-refractivity contribution in [2.75, 3.05) is 7.05 Å². The summed E-state index contributed by atoms with van der Waals surface area (Å²) in [5.74, 6) is 0. The van der Waals surface area contributed by atoms with Crippen molar-refractivity contribution in [2.45, 2.75) is 71.3 Å². The van der Waals surface area contributed by atoms with Crippen LogP contribution < -0.4 is 5.32 Å². The van der Waals surface area contributed by atoms with Gasteiger partial charge in [0.25, 0.3) is 0 Å². The van der Waals surface area contributed by atoms with E-state index in [1.807, 2.05) is 0 Å². The Morgan fingerprint density at radius 3 is 2.00 bits per heavy atom. The fraction of sp³-hybridized carbons (Fsp3) is 0.684. The predicted octanol–water partition coefficient (Wildman–Crippen LogP) is 5.22. The first-order valence-electron chi connectivity index (χ1n) is 8.14. The summed E-state index contributed by atoms with van der Waals surface area (Å²) in [7, 11) is 2.11. The number of hydrogen-bond donors (Lipinski definition) is 1. The smallest absolute Gasteiger partial charge is 0.0372 e. The summed E-state index contributed by atoms with van der Waals surface area (Å²) in [6.07, 6.45) is 6.87. The molecule has 20 heavy (non-hydrogen) atoms. The highest BCUT2D eigenvalue weighted by atomic mass is 14.9. The monoisotopic (exact) mass is 273 g/mol. The molecule has 1 fully saturated rings. The van der Waals surface area contributed by atoms with Crippen molar-refractivity contribution in [1.82, 2.24) is 5.32 Å². The van der Waals surface area contributed by atoms with Crippen LogP contribution in [0, 0.1) is 5.41 Å². The first kappa shape index (κ1) is 15.6. The molecular weight excluding hydrogens is 242 g/mol. The zero-order chi connectivity index (χ0) is 14.8. The molecule has 1 aliphatic carbocycles. The average Bonchev–Trinajstić information content (AvgIpc) is 2.39. The van der Waals surface area contributed by atoms with E-state index < -0.39 is 0 Å². The maximum Gasteiger partial charge on any atom is 0.0372 e. The van der Waals surface area contributed by atoms with E-state index >= 15 is 0 Å². The molecule has 1 aliphatic rings. The first-order chi connectivity index (χ1) is 9.37. The van der Waals surface area contributed by atoms with Crippen LogP contribution in [0.15, 0.2) is 24.3 Å². The van der Waals surface area contributed by atoms with Gasteiger partial charge in [0.2, 0.25) is 0 Å². The quantitative estimate of drug-likeness (QED) is 0.796. The molecule has 0 radical (unpaired) electrons. The second-order valence-corrected chi connectivity index (χ2v) is 7.81. The third-order valence-electron chi connectivity index (χ3n) is 5.09. The van der Waals surface area contributed by atoms with Crippen LogP contribution in [0.4, 0.5) is 0 Å². The van der Waals surface area contributed by atoms with Gasteiger partial charge in [-0.3, -0.25) is 0 Å². The molecule has 1 unspecified atom stereocenters. The lowest BCUT2D eigenvalue weighted by atomic mass is 9.68. The molecule has 0 saturated heterocycles. The van der Waals surface area contributed by atoms with Gasteiger partial charge >= 0.3 is 0 Å². The molecular formula is C19H31N. The first-order valence-corrected chi connectivity index (χ1v) is 8.14.